The summed E-state index contributed by atoms with van der Waals surface area (Å²) >= 11 is 0. The summed E-state index contributed by atoms with van der Waals surface area (Å²) in [7, 11) is 0. The van der Waals surface area contributed by atoms with E-state index in [1.165, 1.54) is 17.7 Å². The summed E-state index contributed by atoms with van der Waals surface area (Å²) in [6.07, 6.45) is 4.86. The zero-order valence-electron chi connectivity index (χ0n) is 9.63. The summed E-state index contributed by atoms with van der Waals surface area (Å²) in [6.45, 7) is 3.95. The fourth-order valence-corrected chi connectivity index (χ4v) is 1.25. The third-order valence-corrected chi connectivity index (χ3v) is 2.32. The summed E-state index contributed by atoms with van der Waals surface area (Å²) < 4.78 is 24.3. The van der Waals surface area contributed by atoms with Crippen molar-refractivity contribution in [3.05, 3.63) is 59.2 Å². The van der Waals surface area contributed by atoms with Crippen molar-refractivity contribution in [2.45, 2.75) is 26.7 Å². The highest BCUT2D eigenvalue weighted by Crippen LogP contribution is 2.17. The van der Waals surface area contributed by atoms with Crippen molar-refractivity contribution < 1.29 is 8.78 Å². The first-order valence-corrected chi connectivity index (χ1v) is 5.32. The monoisotopic (exact) mass is 222 g/mol. The van der Waals surface area contributed by atoms with E-state index < -0.39 is 0 Å². The lowest BCUT2D eigenvalue weighted by atomic mass is 10.1. The van der Waals surface area contributed by atoms with Crippen LogP contribution in [0.15, 0.2) is 47.8 Å². The molecule has 0 fully saturated rings. The number of aryl methyl sites for hydroxylation is 1. The van der Waals surface area contributed by atoms with Gasteiger partial charge in [0.25, 0.3) is 0 Å². The van der Waals surface area contributed by atoms with Crippen molar-refractivity contribution in [3.63, 3.8) is 0 Å². The second-order valence-electron chi connectivity index (χ2n) is 3.92. The molecule has 0 aliphatic heterocycles. The van der Waals surface area contributed by atoms with Crippen LogP contribution in [0, 0.1) is 12.7 Å². The first kappa shape index (κ1) is 12.6. The maximum atomic E-state index is 12.2. The van der Waals surface area contributed by atoms with Crippen LogP contribution in [0.1, 0.15) is 25.3 Å². The molecule has 1 aliphatic carbocycles. The van der Waals surface area contributed by atoms with E-state index in [0.717, 1.165) is 12.0 Å². The molecule has 86 valence electrons. The number of halogens is 2. The van der Waals surface area contributed by atoms with Gasteiger partial charge < -0.3 is 0 Å². The second kappa shape index (κ2) is 6.21. The summed E-state index contributed by atoms with van der Waals surface area (Å²) in [5.41, 5.74) is 2.36. The number of hydrogen-bond acceptors (Lipinski definition) is 0. The molecule has 0 aromatic heterocycles. The van der Waals surface area contributed by atoms with E-state index >= 15 is 0 Å². The van der Waals surface area contributed by atoms with Crippen LogP contribution in [0.2, 0.25) is 0 Å². The highest BCUT2D eigenvalue weighted by molar-refractivity contribution is 5.18. The Kier molecular flexibility index (Phi) is 4.90. The minimum atomic E-state index is -0.171. The van der Waals surface area contributed by atoms with E-state index in [-0.39, 0.29) is 11.6 Å². The quantitative estimate of drug-likeness (QED) is 0.596. The van der Waals surface area contributed by atoms with Gasteiger partial charge in [-0.15, -0.1) is 0 Å². The first-order chi connectivity index (χ1) is 7.58. The lowest BCUT2D eigenvalue weighted by Crippen LogP contribution is -1.84. The lowest BCUT2D eigenvalue weighted by molar-refractivity contribution is 0.582. The Hall–Kier alpha value is -1.44. The van der Waals surface area contributed by atoms with E-state index in [9.17, 15) is 8.78 Å². The van der Waals surface area contributed by atoms with Crippen LogP contribution in [-0.4, -0.2) is 0 Å². The molecular weight excluding hydrogens is 206 g/mol. The van der Waals surface area contributed by atoms with Gasteiger partial charge in [-0.1, -0.05) is 29.3 Å². The van der Waals surface area contributed by atoms with E-state index in [0.29, 0.717) is 6.42 Å². The van der Waals surface area contributed by atoms with E-state index in [1.54, 1.807) is 18.2 Å². The van der Waals surface area contributed by atoms with Crippen LogP contribution in [0.5, 0.6) is 0 Å². The molecule has 1 aliphatic rings. The summed E-state index contributed by atoms with van der Waals surface area (Å²) in [6, 6.07) is 6.40. The van der Waals surface area contributed by atoms with Gasteiger partial charge in [0.1, 0.15) is 11.6 Å². The third kappa shape index (κ3) is 4.87. The molecule has 0 atom stereocenters. The van der Waals surface area contributed by atoms with Crippen molar-refractivity contribution in [1.82, 2.24) is 0 Å². The Balaban J connectivity index is 0.000000160. The molecule has 1 aromatic carbocycles. The van der Waals surface area contributed by atoms with Gasteiger partial charge in [0.05, 0.1) is 0 Å². The molecule has 0 N–H and O–H groups in total. The van der Waals surface area contributed by atoms with Crippen molar-refractivity contribution in [2.24, 2.45) is 0 Å². The van der Waals surface area contributed by atoms with Crippen LogP contribution in [-0.2, 0) is 0 Å². The molecule has 0 heterocycles. The zero-order valence-corrected chi connectivity index (χ0v) is 9.63. The molecule has 2 heteroatoms. The minimum absolute atomic E-state index is 0.00981. The molecular formula is C14H16F2. The fourth-order valence-electron chi connectivity index (χ4n) is 1.25. The molecule has 0 nitrogen and oxygen atoms in total. The van der Waals surface area contributed by atoms with Crippen molar-refractivity contribution >= 4 is 0 Å². The normalized spacial score (nSPS) is 14.5. The molecule has 0 bridgehead atoms. The zero-order chi connectivity index (χ0) is 12.0. The number of benzene rings is 1. The predicted octanol–water partition coefficient (Wildman–Crippen LogP) is 4.71. The number of rotatable bonds is 0. The molecule has 1 aromatic rings. The highest BCUT2D eigenvalue weighted by atomic mass is 19.1. The van der Waals surface area contributed by atoms with E-state index in [2.05, 4.69) is 0 Å². The van der Waals surface area contributed by atoms with E-state index in [4.69, 9.17) is 0 Å². The molecule has 0 radical (unpaired) electrons. The summed E-state index contributed by atoms with van der Waals surface area (Å²) in [4.78, 5) is 0. The SMILES string of the molecule is CC1=CC=C(F)CC1.Cc1ccc(F)cc1. The van der Waals surface area contributed by atoms with Crippen molar-refractivity contribution in [2.75, 3.05) is 0 Å². The van der Waals surface area contributed by atoms with Crippen LogP contribution in [0.4, 0.5) is 8.78 Å². The molecule has 16 heavy (non-hydrogen) atoms. The Morgan fingerprint density at radius 3 is 1.88 bits per heavy atom. The standard InChI is InChI=1S/C7H9F.C7H7F/c2*1-6-2-4-7(8)5-3-6/h2,4H,3,5H2,1H3;2-5H,1H3. The van der Waals surface area contributed by atoms with Gasteiger partial charge in [0.15, 0.2) is 0 Å². The van der Waals surface area contributed by atoms with Gasteiger partial charge in [-0.25, -0.2) is 8.78 Å². The molecule has 0 unspecified atom stereocenters. The van der Waals surface area contributed by atoms with Gasteiger partial charge in [-0.2, -0.15) is 0 Å². The Labute approximate surface area is 95.3 Å². The largest absolute Gasteiger partial charge is 0.212 e. The summed E-state index contributed by atoms with van der Waals surface area (Å²) in [5.74, 6) is -0.161. The third-order valence-electron chi connectivity index (χ3n) is 2.32. The maximum Gasteiger partial charge on any atom is 0.123 e. The fraction of sp³-hybridized carbons (Fsp3) is 0.286. The molecule has 0 amide bonds. The van der Waals surface area contributed by atoms with Crippen LogP contribution >= 0.6 is 0 Å². The van der Waals surface area contributed by atoms with Gasteiger partial charge in [0, 0.05) is 6.42 Å². The molecule has 0 spiro atoms. The van der Waals surface area contributed by atoms with Crippen LogP contribution in [0.25, 0.3) is 0 Å². The number of hydrogen-bond donors (Lipinski definition) is 0. The Bertz CT molecular complexity index is 347. The van der Waals surface area contributed by atoms with Gasteiger partial charge in [-0.05, 0) is 38.5 Å². The van der Waals surface area contributed by atoms with Gasteiger partial charge in [0.2, 0.25) is 0 Å². The second-order valence-corrected chi connectivity index (χ2v) is 3.92. The molecule has 0 saturated heterocycles. The summed E-state index contributed by atoms with van der Waals surface area (Å²) in [5, 5.41) is 0. The maximum absolute atomic E-state index is 12.2. The van der Waals surface area contributed by atoms with Crippen LogP contribution in [0.3, 0.4) is 0 Å². The smallest absolute Gasteiger partial charge is 0.123 e. The molecule has 0 saturated carbocycles. The minimum Gasteiger partial charge on any atom is -0.212 e. The molecule has 2 rings (SSSR count). The topological polar surface area (TPSA) is 0 Å². The lowest BCUT2D eigenvalue weighted by Gasteiger charge is -2.02. The average molecular weight is 222 g/mol. The highest BCUT2D eigenvalue weighted by Gasteiger charge is 1.99. The average Bonchev–Trinajstić information content (AvgIpc) is 2.28. The van der Waals surface area contributed by atoms with Crippen molar-refractivity contribution in [1.29, 1.82) is 0 Å². The first-order valence-electron chi connectivity index (χ1n) is 5.32. The van der Waals surface area contributed by atoms with Gasteiger partial charge in [-0.3, -0.25) is 0 Å². The van der Waals surface area contributed by atoms with Gasteiger partial charge >= 0.3 is 0 Å². The predicted molar refractivity (Wildman–Crippen MR) is 63.3 cm³/mol. The Morgan fingerprint density at radius 2 is 1.50 bits per heavy atom. The van der Waals surface area contributed by atoms with Crippen LogP contribution < -0.4 is 0 Å². The number of allylic oxidation sites excluding steroid dienone is 4. The van der Waals surface area contributed by atoms with Crippen molar-refractivity contribution in [3.8, 4) is 0 Å². The van der Waals surface area contributed by atoms with E-state index in [1.807, 2.05) is 19.9 Å². The Morgan fingerprint density at radius 1 is 0.875 bits per heavy atom.